The number of nitrogens with zero attached hydrogens (tertiary/aromatic N) is 1. The van der Waals surface area contributed by atoms with Crippen molar-refractivity contribution in [2.45, 2.75) is 47.1 Å². The van der Waals surface area contributed by atoms with E-state index in [0.717, 1.165) is 23.7 Å². The third kappa shape index (κ3) is 4.21. The lowest BCUT2D eigenvalue weighted by molar-refractivity contribution is -0.140. The van der Waals surface area contributed by atoms with Gasteiger partial charge in [-0.05, 0) is 23.9 Å². The molecule has 0 atom stereocenters. The van der Waals surface area contributed by atoms with Crippen molar-refractivity contribution in [3.8, 4) is 0 Å². The Hall–Kier alpha value is -2.10. The summed E-state index contributed by atoms with van der Waals surface area (Å²) in [4.78, 5) is 29.7. The number of carbonyl (C=O) groups is 1. The van der Waals surface area contributed by atoms with Gasteiger partial charge in [0.25, 0.3) is 5.56 Å². The van der Waals surface area contributed by atoms with Crippen LogP contribution in [0.15, 0.2) is 35.1 Å². The molecule has 0 fully saturated rings. The second-order valence-electron chi connectivity index (χ2n) is 7.04. The molecule has 0 spiro atoms. The molecule has 4 heteroatoms. The maximum absolute atomic E-state index is 12.7. The number of benzene rings is 1. The van der Waals surface area contributed by atoms with Gasteiger partial charge in [-0.15, -0.1) is 0 Å². The molecule has 1 heterocycles. The number of rotatable bonds is 5. The molecule has 0 bridgehead atoms. The summed E-state index contributed by atoms with van der Waals surface area (Å²) in [6, 6.07) is 9.59. The van der Waals surface area contributed by atoms with Crippen molar-refractivity contribution in [3.63, 3.8) is 0 Å². The molecular formula is C19H26N2O2. The van der Waals surface area contributed by atoms with E-state index in [-0.39, 0.29) is 11.5 Å². The van der Waals surface area contributed by atoms with Crippen LogP contribution in [0.25, 0.3) is 10.9 Å². The Morgan fingerprint density at radius 3 is 2.57 bits per heavy atom. The van der Waals surface area contributed by atoms with E-state index in [2.05, 4.69) is 11.9 Å². The fourth-order valence-electron chi connectivity index (χ4n) is 2.59. The molecule has 0 saturated heterocycles. The Labute approximate surface area is 137 Å². The standard InChI is InChI=1S/C19H26N2O2/c1-5-6-11-21(18(23)19(2,3)4)13-15-12-14-9-7-8-10-16(14)20-17(15)22/h7-10,12H,5-6,11,13H2,1-4H3,(H,20,22). The van der Waals surface area contributed by atoms with Gasteiger partial charge in [0.2, 0.25) is 5.91 Å². The number of amides is 1. The van der Waals surface area contributed by atoms with Crippen molar-refractivity contribution >= 4 is 16.8 Å². The number of nitrogens with one attached hydrogen (secondary N) is 1. The van der Waals surface area contributed by atoms with Gasteiger partial charge in [0.05, 0.1) is 6.54 Å². The summed E-state index contributed by atoms with van der Waals surface area (Å²) in [6.07, 6.45) is 1.95. The minimum absolute atomic E-state index is 0.0820. The van der Waals surface area contributed by atoms with E-state index in [1.165, 1.54) is 0 Å². The van der Waals surface area contributed by atoms with Gasteiger partial charge in [-0.2, -0.15) is 0 Å². The first-order chi connectivity index (χ1) is 10.8. The van der Waals surface area contributed by atoms with E-state index in [4.69, 9.17) is 0 Å². The Balaban J connectivity index is 2.33. The molecular weight excluding hydrogens is 288 g/mol. The summed E-state index contributed by atoms with van der Waals surface area (Å²) in [6.45, 7) is 8.88. The first-order valence-corrected chi connectivity index (χ1v) is 8.23. The highest BCUT2D eigenvalue weighted by molar-refractivity contribution is 5.82. The van der Waals surface area contributed by atoms with Crippen LogP contribution in [-0.2, 0) is 11.3 Å². The average Bonchev–Trinajstić information content (AvgIpc) is 2.50. The summed E-state index contributed by atoms with van der Waals surface area (Å²) in [5.74, 6) is 0.0820. The molecule has 0 aliphatic heterocycles. The Morgan fingerprint density at radius 1 is 1.22 bits per heavy atom. The van der Waals surface area contributed by atoms with E-state index in [0.29, 0.717) is 18.7 Å². The second-order valence-corrected chi connectivity index (χ2v) is 7.04. The number of para-hydroxylation sites is 1. The van der Waals surface area contributed by atoms with Crippen LogP contribution < -0.4 is 5.56 Å². The predicted molar refractivity (Wildman–Crippen MR) is 94.3 cm³/mol. The maximum Gasteiger partial charge on any atom is 0.253 e. The number of H-pyrrole nitrogens is 1. The highest BCUT2D eigenvalue weighted by Gasteiger charge is 2.27. The zero-order valence-corrected chi connectivity index (χ0v) is 14.5. The van der Waals surface area contributed by atoms with E-state index in [1.54, 1.807) is 0 Å². The van der Waals surface area contributed by atoms with Gasteiger partial charge in [-0.25, -0.2) is 0 Å². The third-order valence-corrected chi connectivity index (χ3v) is 3.90. The summed E-state index contributed by atoms with van der Waals surface area (Å²) in [5.41, 5.74) is 0.893. The van der Waals surface area contributed by atoms with Crippen LogP contribution in [-0.4, -0.2) is 22.3 Å². The van der Waals surface area contributed by atoms with E-state index < -0.39 is 5.41 Å². The molecule has 1 aromatic heterocycles. The van der Waals surface area contributed by atoms with Crippen molar-refractivity contribution in [2.24, 2.45) is 5.41 Å². The van der Waals surface area contributed by atoms with E-state index >= 15 is 0 Å². The zero-order valence-electron chi connectivity index (χ0n) is 14.5. The lowest BCUT2D eigenvalue weighted by atomic mass is 9.94. The van der Waals surface area contributed by atoms with Crippen molar-refractivity contribution in [1.82, 2.24) is 9.88 Å². The lowest BCUT2D eigenvalue weighted by Crippen LogP contribution is -2.40. The summed E-state index contributed by atoms with van der Waals surface area (Å²) >= 11 is 0. The number of pyridine rings is 1. The zero-order chi connectivity index (χ0) is 17.0. The fraction of sp³-hybridized carbons (Fsp3) is 0.474. The maximum atomic E-state index is 12.7. The van der Waals surface area contributed by atoms with Gasteiger partial charge in [-0.3, -0.25) is 9.59 Å². The van der Waals surface area contributed by atoms with Crippen LogP contribution in [0.4, 0.5) is 0 Å². The van der Waals surface area contributed by atoms with Crippen LogP contribution in [0, 0.1) is 5.41 Å². The van der Waals surface area contributed by atoms with Gasteiger partial charge in [0, 0.05) is 23.0 Å². The first kappa shape index (κ1) is 17.3. The van der Waals surface area contributed by atoms with Crippen molar-refractivity contribution in [1.29, 1.82) is 0 Å². The summed E-state index contributed by atoms with van der Waals surface area (Å²) in [7, 11) is 0. The molecule has 0 aliphatic rings. The number of hydrogen-bond acceptors (Lipinski definition) is 2. The molecule has 2 rings (SSSR count). The fourth-order valence-corrected chi connectivity index (χ4v) is 2.59. The van der Waals surface area contributed by atoms with Crippen LogP contribution >= 0.6 is 0 Å². The molecule has 1 aromatic carbocycles. The first-order valence-electron chi connectivity index (χ1n) is 8.23. The van der Waals surface area contributed by atoms with Crippen LogP contribution in [0.5, 0.6) is 0 Å². The molecule has 0 saturated carbocycles. The topological polar surface area (TPSA) is 53.2 Å². The number of fused-ring (bicyclic) bond motifs is 1. The van der Waals surface area contributed by atoms with E-state index in [1.807, 2.05) is 56.0 Å². The highest BCUT2D eigenvalue weighted by atomic mass is 16.2. The number of unbranched alkanes of at least 4 members (excludes halogenated alkanes) is 1. The Bertz CT molecular complexity index is 741. The van der Waals surface area contributed by atoms with Gasteiger partial charge in [-0.1, -0.05) is 52.3 Å². The molecule has 23 heavy (non-hydrogen) atoms. The molecule has 1 N–H and O–H groups in total. The molecule has 0 radical (unpaired) electrons. The third-order valence-electron chi connectivity index (χ3n) is 3.90. The predicted octanol–water partition coefficient (Wildman–Crippen LogP) is 3.70. The minimum atomic E-state index is -0.447. The van der Waals surface area contributed by atoms with Crippen molar-refractivity contribution < 1.29 is 4.79 Å². The van der Waals surface area contributed by atoms with Gasteiger partial charge >= 0.3 is 0 Å². The van der Waals surface area contributed by atoms with Crippen LogP contribution in [0.1, 0.15) is 46.1 Å². The van der Waals surface area contributed by atoms with E-state index in [9.17, 15) is 9.59 Å². The molecule has 1 amide bonds. The second kappa shape index (κ2) is 6.99. The number of carbonyl (C=O) groups excluding carboxylic acids is 1. The number of aromatic nitrogens is 1. The Morgan fingerprint density at radius 2 is 1.91 bits per heavy atom. The molecule has 4 nitrogen and oxygen atoms in total. The number of hydrogen-bond donors (Lipinski definition) is 1. The van der Waals surface area contributed by atoms with Crippen LogP contribution in [0.2, 0.25) is 0 Å². The minimum Gasteiger partial charge on any atom is -0.338 e. The van der Waals surface area contributed by atoms with Gasteiger partial charge in [0.15, 0.2) is 0 Å². The largest absolute Gasteiger partial charge is 0.338 e. The quantitative estimate of drug-likeness (QED) is 0.915. The molecule has 0 unspecified atom stereocenters. The lowest BCUT2D eigenvalue weighted by Gasteiger charge is -2.29. The van der Waals surface area contributed by atoms with Gasteiger partial charge in [0.1, 0.15) is 0 Å². The molecule has 2 aromatic rings. The molecule has 124 valence electrons. The van der Waals surface area contributed by atoms with Crippen molar-refractivity contribution in [3.05, 3.63) is 46.2 Å². The normalized spacial score (nSPS) is 11.7. The Kier molecular flexibility index (Phi) is 5.24. The van der Waals surface area contributed by atoms with Crippen LogP contribution in [0.3, 0.4) is 0 Å². The summed E-state index contributed by atoms with van der Waals surface area (Å²) in [5, 5.41) is 0.987. The monoisotopic (exact) mass is 314 g/mol. The van der Waals surface area contributed by atoms with Gasteiger partial charge < -0.3 is 9.88 Å². The average molecular weight is 314 g/mol. The SMILES string of the molecule is CCCCN(Cc1cc2ccccc2[nH]c1=O)C(=O)C(C)(C)C. The smallest absolute Gasteiger partial charge is 0.253 e. The highest BCUT2D eigenvalue weighted by Crippen LogP contribution is 2.20. The molecule has 0 aliphatic carbocycles. The summed E-state index contributed by atoms with van der Waals surface area (Å²) < 4.78 is 0. The number of aromatic amines is 1. The van der Waals surface area contributed by atoms with Crippen molar-refractivity contribution in [2.75, 3.05) is 6.54 Å².